The van der Waals surface area contributed by atoms with Crippen LogP contribution in [0.5, 0.6) is 0 Å². The van der Waals surface area contributed by atoms with Gasteiger partial charge in [0.15, 0.2) is 0 Å². The van der Waals surface area contributed by atoms with Gasteiger partial charge in [0.1, 0.15) is 11.6 Å². The number of nitrogens with two attached hydrogens (primary N) is 1. The highest BCUT2D eigenvalue weighted by Crippen LogP contribution is 2.31. The van der Waals surface area contributed by atoms with Gasteiger partial charge in [-0.1, -0.05) is 48.9 Å². The molecular weight excluding hydrogens is 280 g/mol. The van der Waals surface area contributed by atoms with E-state index in [1.165, 1.54) is 12.1 Å². The summed E-state index contributed by atoms with van der Waals surface area (Å²) in [6.07, 6.45) is 0.793. The molecule has 0 heterocycles. The predicted octanol–water partition coefficient (Wildman–Crippen LogP) is 4.42. The Kier molecular flexibility index (Phi) is 4.41. The van der Waals surface area contributed by atoms with Gasteiger partial charge >= 0.3 is 0 Å². The third kappa shape index (κ3) is 2.84. The fourth-order valence-electron chi connectivity index (χ4n) is 2.30. The molecule has 0 radical (unpaired) electrons. The summed E-state index contributed by atoms with van der Waals surface area (Å²) in [5, 5.41) is 0.0483. The Labute approximate surface area is 122 Å². The van der Waals surface area contributed by atoms with E-state index in [2.05, 4.69) is 0 Å². The molecule has 0 aliphatic rings. The van der Waals surface area contributed by atoms with E-state index in [1.54, 1.807) is 30.3 Å². The standard InChI is InChI=1S/C16H16ClF2N/c1-2-16(20,12-7-3-4-8-13(12)18)10-11-6-5-9-14(19)15(11)17/h3-9H,2,10,20H2,1H3. The van der Waals surface area contributed by atoms with Crippen molar-refractivity contribution in [2.45, 2.75) is 25.3 Å². The van der Waals surface area contributed by atoms with E-state index < -0.39 is 11.4 Å². The van der Waals surface area contributed by atoms with E-state index in [-0.39, 0.29) is 17.3 Å². The minimum absolute atomic E-state index is 0.0483. The summed E-state index contributed by atoms with van der Waals surface area (Å²) in [5.74, 6) is -0.847. The first-order valence-electron chi connectivity index (χ1n) is 6.44. The highest BCUT2D eigenvalue weighted by Gasteiger charge is 2.29. The maximum Gasteiger partial charge on any atom is 0.142 e. The molecule has 0 aliphatic carbocycles. The van der Waals surface area contributed by atoms with Crippen LogP contribution in [-0.2, 0) is 12.0 Å². The van der Waals surface area contributed by atoms with Crippen LogP contribution < -0.4 is 5.73 Å². The van der Waals surface area contributed by atoms with Gasteiger partial charge in [-0.05, 0) is 30.5 Å². The summed E-state index contributed by atoms with van der Waals surface area (Å²) in [5.41, 5.74) is 6.44. The van der Waals surface area contributed by atoms with Gasteiger partial charge in [-0.3, -0.25) is 0 Å². The molecule has 0 bridgehead atoms. The number of halogens is 3. The molecule has 1 unspecified atom stereocenters. The molecule has 0 saturated heterocycles. The highest BCUT2D eigenvalue weighted by atomic mass is 35.5. The Bertz CT molecular complexity index is 615. The lowest BCUT2D eigenvalue weighted by molar-refractivity contribution is 0.402. The first kappa shape index (κ1) is 14.9. The SMILES string of the molecule is CCC(N)(Cc1cccc(F)c1Cl)c1ccccc1F. The predicted molar refractivity (Wildman–Crippen MR) is 77.7 cm³/mol. The molecule has 2 rings (SSSR count). The normalized spacial score (nSPS) is 14.1. The van der Waals surface area contributed by atoms with Crippen molar-refractivity contribution >= 4 is 11.6 Å². The van der Waals surface area contributed by atoms with Crippen molar-refractivity contribution in [3.8, 4) is 0 Å². The Morgan fingerprint density at radius 3 is 2.35 bits per heavy atom. The van der Waals surface area contributed by atoms with Crippen molar-refractivity contribution in [1.29, 1.82) is 0 Å². The second-order valence-corrected chi connectivity index (χ2v) is 5.26. The van der Waals surface area contributed by atoms with Crippen LogP contribution in [0.4, 0.5) is 8.78 Å². The molecule has 2 N–H and O–H groups in total. The minimum Gasteiger partial charge on any atom is -0.321 e. The van der Waals surface area contributed by atoms with Gasteiger partial charge in [-0.2, -0.15) is 0 Å². The molecule has 106 valence electrons. The molecule has 0 aliphatic heterocycles. The smallest absolute Gasteiger partial charge is 0.142 e. The van der Waals surface area contributed by atoms with Crippen molar-refractivity contribution in [1.82, 2.24) is 0 Å². The molecule has 0 saturated carbocycles. The summed E-state index contributed by atoms with van der Waals surface area (Å²) in [7, 11) is 0. The lowest BCUT2D eigenvalue weighted by Crippen LogP contribution is -2.39. The Morgan fingerprint density at radius 1 is 1.05 bits per heavy atom. The van der Waals surface area contributed by atoms with E-state index in [0.29, 0.717) is 17.5 Å². The summed E-state index contributed by atoms with van der Waals surface area (Å²) >= 11 is 5.96. The van der Waals surface area contributed by atoms with E-state index in [1.807, 2.05) is 6.92 Å². The first-order valence-corrected chi connectivity index (χ1v) is 6.82. The second kappa shape index (κ2) is 5.90. The van der Waals surface area contributed by atoms with Crippen LogP contribution in [0.2, 0.25) is 5.02 Å². The fraction of sp³-hybridized carbons (Fsp3) is 0.250. The van der Waals surface area contributed by atoms with Crippen LogP contribution >= 0.6 is 11.6 Å². The van der Waals surface area contributed by atoms with Gasteiger partial charge in [0.2, 0.25) is 0 Å². The molecule has 20 heavy (non-hydrogen) atoms. The van der Waals surface area contributed by atoms with Crippen molar-refractivity contribution < 1.29 is 8.78 Å². The van der Waals surface area contributed by atoms with E-state index in [4.69, 9.17) is 17.3 Å². The Morgan fingerprint density at radius 2 is 1.70 bits per heavy atom. The van der Waals surface area contributed by atoms with E-state index >= 15 is 0 Å². The maximum atomic E-state index is 14.0. The average molecular weight is 296 g/mol. The van der Waals surface area contributed by atoms with Crippen LogP contribution in [0.3, 0.4) is 0 Å². The van der Waals surface area contributed by atoms with Crippen molar-refractivity contribution in [3.63, 3.8) is 0 Å². The van der Waals surface area contributed by atoms with Crippen LogP contribution in [0.15, 0.2) is 42.5 Å². The number of rotatable bonds is 4. The van der Waals surface area contributed by atoms with Gasteiger partial charge in [-0.15, -0.1) is 0 Å². The zero-order chi connectivity index (χ0) is 14.8. The quantitative estimate of drug-likeness (QED) is 0.887. The van der Waals surface area contributed by atoms with E-state index in [0.717, 1.165) is 0 Å². The molecule has 0 fully saturated rings. The number of benzene rings is 2. The third-order valence-electron chi connectivity index (χ3n) is 3.58. The zero-order valence-corrected chi connectivity index (χ0v) is 11.9. The van der Waals surface area contributed by atoms with Crippen molar-refractivity contribution in [2.24, 2.45) is 5.73 Å². The molecule has 1 nitrogen and oxygen atoms in total. The van der Waals surface area contributed by atoms with Gasteiger partial charge in [-0.25, -0.2) is 8.78 Å². The van der Waals surface area contributed by atoms with Gasteiger partial charge < -0.3 is 5.73 Å². The maximum absolute atomic E-state index is 14.0. The lowest BCUT2D eigenvalue weighted by Gasteiger charge is -2.29. The topological polar surface area (TPSA) is 26.0 Å². The van der Waals surface area contributed by atoms with Crippen LogP contribution in [-0.4, -0.2) is 0 Å². The lowest BCUT2D eigenvalue weighted by atomic mass is 9.82. The molecule has 2 aromatic carbocycles. The summed E-state index contributed by atoms with van der Waals surface area (Å²) in [4.78, 5) is 0. The van der Waals surface area contributed by atoms with Crippen LogP contribution in [0.25, 0.3) is 0 Å². The molecule has 0 spiro atoms. The molecule has 1 atom stereocenters. The summed E-state index contributed by atoms with van der Waals surface area (Å²) in [6.45, 7) is 1.87. The fourth-order valence-corrected chi connectivity index (χ4v) is 2.49. The molecular formula is C16H16ClF2N. The number of hydrogen-bond donors (Lipinski definition) is 1. The highest BCUT2D eigenvalue weighted by molar-refractivity contribution is 6.31. The molecule has 2 aromatic rings. The molecule has 4 heteroatoms. The second-order valence-electron chi connectivity index (χ2n) is 4.88. The largest absolute Gasteiger partial charge is 0.321 e. The van der Waals surface area contributed by atoms with Gasteiger partial charge in [0.05, 0.1) is 5.02 Å². The van der Waals surface area contributed by atoms with Gasteiger partial charge in [0.25, 0.3) is 0 Å². The summed E-state index contributed by atoms with van der Waals surface area (Å²) < 4.78 is 27.5. The van der Waals surface area contributed by atoms with Gasteiger partial charge in [0, 0.05) is 11.1 Å². The zero-order valence-electron chi connectivity index (χ0n) is 11.2. The first-order chi connectivity index (χ1) is 9.48. The molecule has 0 aromatic heterocycles. The minimum atomic E-state index is -0.914. The van der Waals surface area contributed by atoms with E-state index in [9.17, 15) is 8.78 Å². The third-order valence-corrected chi connectivity index (χ3v) is 4.00. The number of hydrogen-bond acceptors (Lipinski definition) is 1. The van der Waals surface area contributed by atoms with Crippen molar-refractivity contribution in [2.75, 3.05) is 0 Å². The molecule has 0 amide bonds. The summed E-state index contributed by atoms with van der Waals surface area (Å²) in [6, 6.07) is 11.0. The Hall–Kier alpha value is -1.45. The Balaban J connectivity index is 2.42. The van der Waals surface area contributed by atoms with Crippen molar-refractivity contribution in [3.05, 3.63) is 70.2 Å². The average Bonchev–Trinajstić information content (AvgIpc) is 2.44. The van der Waals surface area contributed by atoms with Crippen LogP contribution in [0.1, 0.15) is 24.5 Å². The monoisotopic (exact) mass is 295 g/mol. The van der Waals surface area contributed by atoms with Crippen LogP contribution in [0, 0.1) is 11.6 Å².